The van der Waals surface area contributed by atoms with Crippen LogP contribution in [0.25, 0.3) is 11.1 Å². The largest absolute Gasteiger partial charge is 0.763 e. The van der Waals surface area contributed by atoms with Crippen LogP contribution in [-0.4, -0.2) is 53.0 Å². The molecule has 3 rings (SSSR count). The number of morpholine rings is 1. The lowest BCUT2D eigenvalue weighted by Crippen LogP contribution is -2.41. The summed E-state index contributed by atoms with van der Waals surface area (Å²) >= 11 is 0. The van der Waals surface area contributed by atoms with Gasteiger partial charge in [0.25, 0.3) is 0 Å². The number of nitrogens with zero attached hydrogens (tertiary/aromatic N) is 5. The molecule has 1 atom stereocenters. The number of hydrogen-bond acceptors (Lipinski definition) is 6. The van der Waals surface area contributed by atoms with E-state index in [-0.39, 0.29) is 21.9 Å². The first kappa shape index (κ1) is 17.0. The van der Waals surface area contributed by atoms with Crippen molar-refractivity contribution in [3.8, 4) is 0 Å². The van der Waals surface area contributed by atoms with E-state index in [1.165, 1.54) is 6.08 Å². The van der Waals surface area contributed by atoms with Crippen LogP contribution in [0.3, 0.4) is 0 Å². The van der Waals surface area contributed by atoms with Gasteiger partial charge in [-0.25, -0.2) is 4.58 Å². The van der Waals surface area contributed by atoms with Crippen LogP contribution in [-0.2, 0) is 4.74 Å². The monoisotopic (exact) mass is 347 g/mol. The molecule has 132 valence electrons. The molecule has 10 nitrogen and oxygen atoms in total. The second-order valence-corrected chi connectivity index (χ2v) is 6.55. The Kier molecular flexibility index (Phi) is 4.23. The first-order valence-corrected chi connectivity index (χ1v) is 7.76. The molecule has 1 aliphatic carbocycles. The highest BCUT2D eigenvalue weighted by molar-refractivity contribution is 5.79. The minimum Gasteiger partial charge on any atom is -0.763 e. The molecule has 0 spiro atoms. The van der Waals surface area contributed by atoms with Crippen LogP contribution in [0.15, 0.2) is 16.3 Å². The first-order chi connectivity index (χ1) is 11.8. The van der Waals surface area contributed by atoms with E-state index in [0.717, 1.165) is 0 Å². The van der Waals surface area contributed by atoms with Gasteiger partial charge in [0, 0.05) is 6.08 Å². The van der Waals surface area contributed by atoms with Gasteiger partial charge in [-0.05, 0) is 24.3 Å². The SMILES string of the molecule is CC(C)(C=[N+]1CCOCC1)C1C(=C=[N-])C=C([N+](=O)[O-])c2no[n+]([O-])c21. The number of rotatable bonds is 3. The van der Waals surface area contributed by atoms with Crippen molar-refractivity contribution in [1.29, 1.82) is 0 Å². The second-order valence-electron chi connectivity index (χ2n) is 6.55. The summed E-state index contributed by atoms with van der Waals surface area (Å²) < 4.78 is 12.0. The number of fused-ring (bicyclic) bond motifs is 1. The van der Waals surface area contributed by atoms with Crippen molar-refractivity contribution in [2.45, 2.75) is 19.8 Å². The Balaban J connectivity index is 2.13. The fourth-order valence-corrected chi connectivity index (χ4v) is 3.36. The fourth-order valence-electron chi connectivity index (χ4n) is 3.36. The van der Waals surface area contributed by atoms with Crippen LogP contribution in [0, 0.1) is 20.7 Å². The number of aromatic nitrogens is 2. The summed E-state index contributed by atoms with van der Waals surface area (Å²) in [6.07, 6.45) is 3.11. The van der Waals surface area contributed by atoms with Gasteiger partial charge in [-0.3, -0.25) is 20.6 Å². The van der Waals surface area contributed by atoms with E-state index < -0.39 is 22.0 Å². The van der Waals surface area contributed by atoms with Gasteiger partial charge in [-0.1, -0.05) is 0 Å². The van der Waals surface area contributed by atoms with Crippen molar-refractivity contribution in [1.82, 2.24) is 5.16 Å². The Morgan fingerprint density at radius 3 is 2.76 bits per heavy atom. The lowest BCUT2D eigenvalue weighted by Gasteiger charge is -2.30. The number of hydrogen-bond donors (Lipinski definition) is 0. The summed E-state index contributed by atoms with van der Waals surface area (Å²) in [6, 6.07) is 0. The van der Waals surface area contributed by atoms with Crippen molar-refractivity contribution in [2.75, 3.05) is 26.3 Å². The third-order valence-electron chi connectivity index (χ3n) is 4.40. The molecule has 1 aromatic rings. The maximum atomic E-state index is 12.1. The van der Waals surface area contributed by atoms with Crippen LogP contribution in [0.2, 0.25) is 0 Å². The van der Waals surface area contributed by atoms with Crippen LogP contribution >= 0.6 is 0 Å². The van der Waals surface area contributed by atoms with Gasteiger partial charge in [-0.2, -0.15) is 0 Å². The molecule has 1 aliphatic heterocycles. The van der Waals surface area contributed by atoms with E-state index in [2.05, 4.69) is 14.4 Å². The van der Waals surface area contributed by atoms with Gasteiger partial charge >= 0.3 is 11.4 Å². The van der Waals surface area contributed by atoms with Crippen molar-refractivity contribution < 1.29 is 23.8 Å². The highest BCUT2D eigenvalue weighted by atomic mass is 16.8. The molecular formula is C15H17N5O5. The van der Waals surface area contributed by atoms with Crippen LogP contribution in [0.5, 0.6) is 0 Å². The van der Waals surface area contributed by atoms with Gasteiger partial charge in [0.2, 0.25) is 5.69 Å². The molecule has 2 aliphatic rings. The van der Waals surface area contributed by atoms with E-state index in [4.69, 9.17) is 4.74 Å². The smallest absolute Gasteiger partial charge is 0.327 e. The molecule has 25 heavy (non-hydrogen) atoms. The average molecular weight is 347 g/mol. The van der Waals surface area contributed by atoms with Crippen molar-refractivity contribution >= 4 is 17.8 Å². The summed E-state index contributed by atoms with van der Waals surface area (Å²) in [5.74, 6) is 1.29. The normalized spacial score (nSPS) is 20.6. The van der Waals surface area contributed by atoms with Crippen molar-refractivity contribution in [3.63, 3.8) is 0 Å². The summed E-state index contributed by atoms with van der Waals surface area (Å²) in [5.41, 5.74) is -1.11. The molecule has 10 heteroatoms. The molecule has 0 amide bonds. The zero-order valence-corrected chi connectivity index (χ0v) is 13.8. The zero-order valence-electron chi connectivity index (χ0n) is 13.8. The van der Waals surface area contributed by atoms with Crippen molar-refractivity contribution in [3.05, 3.63) is 43.8 Å². The minimum atomic E-state index is -0.706. The maximum absolute atomic E-state index is 12.1. The molecule has 0 radical (unpaired) electrons. The van der Waals surface area contributed by atoms with E-state index in [1.54, 1.807) is 0 Å². The summed E-state index contributed by atoms with van der Waals surface area (Å²) in [5, 5.41) is 36.4. The van der Waals surface area contributed by atoms with Crippen molar-refractivity contribution in [2.24, 2.45) is 5.41 Å². The summed E-state index contributed by atoms with van der Waals surface area (Å²) in [6.45, 7) is 6.32. The number of ether oxygens (including phenoxy) is 1. The average Bonchev–Trinajstić information content (AvgIpc) is 2.95. The number of nitro groups is 1. The first-order valence-electron chi connectivity index (χ1n) is 7.76. The minimum absolute atomic E-state index is 0.0136. The van der Waals surface area contributed by atoms with Gasteiger partial charge in [-0.15, -0.1) is 0 Å². The molecule has 0 saturated carbocycles. The van der Waals surface area contributed by atoms with Gasteiger partial charge in [0.05, 0.1) is 21.4 Å². The van der Waals surface area contributed by atoms with Crippen LogP contribution in [0.1, 0.15) is 31.2 Å². The predicted molar refractivity (Wildman–Crippen MR) is 85.7 cm³/mol. The molecule has 1 fully saturated rings. The number of allylic oxidation sites excluding steroid dienone is 2. The molecule has 1 unspecified atom stereocenters. The third kappa shape index (κ3) is 2.97. The fraction of sp³-hybridized carbons (Fsp3) is 0.533. The molecule has 1 aromatic heterocycles. The van der Waals surface area contributed by atoms with Crippen LogP contribution in [0.4, 0.5) is 0 Å². The van der Waals surface area contributed by atoms with Crippen LogP contribution < -0.4 is 4.90 Å². The Labute approximate surface area is 142 Å². The third-order valence-corrected chi connectivity index (χ3v) is 4.40. The van der Waals surface area contributed by atoms with E-state index in [1.807, 2.05) is 25.9 Å². The quantitative estimate of drug-likeness (QED) is 0.254. The zero-order chi connectivity index (χ0) is 18.2. The van der Waals surface area contributed by atoms with E-state index in [9.17, 15) is 20.7 Å². The summed E-state index contributed by atoms with van der Waals surface area (Å²) in [4.78, 5) is 10.7. The van der Waals surface area contributed by atoms with Gasteiger partial charge < -0.3 is 15.4 Å². The molecule has 0 N–H and O–H groups in total. The maximum Gasteiger partial charge on any atom is 0.327 e. The molecule has 0 bridgehead atoms. The highest BCUT2D eigenvalue weighted by Gasteiger charge is 2.49. The molecule has 1 saturated heterocycles. The standard InChI is InChI=1S/C15H17N5O5/c1-15(2,9-18-3-5-24-6-4-18)12-10(8-16)7-11(19(21)22)13-14(12)20(23)25-17-13/h7,9,12H,3-6H2,1-2H3. The summed E-state index contributed by atoms with van der Waals surface area (Å²) in [7, 11) is 0. The Bertz CT molecular complexity index is 823. The van der Waals surface area contributed by atoms with Gasteiger partial charge in [0.15, 0.2) is 13.1 Å². The molecule has 0 aromatic carbocycles. The van der Waals surface area contributed by atoms with E-state index in [0.29, 0.717) is 26.3 Å². The topological polar surface area (TPSA) is 131 Å². The Hall–Kier alpha value is -2.84. The Morgan fingerprint density at radius 2 is 2.16 bits per heavy atom. The molecular weight excluding hydrogens is 330 g/mol. The lowest BCUT2D eigenvalue weighted by atomic mass is 9.71. The predicted octanol–water partition coefficient (Wildman–Crippen LogP) is 0.328. The highest BCUT2D eigenvalue weighted by Crippen LogP contribution is 2.44. The van der Waals surface area contributed by atoms with E-state index >= 15 is 0 Å². The lowest BCUT2D eigenvalue weighted by molar-refractivity contribution is -0.808. The Morgan fingerprint density at radius 1 is 1.48 bits per heavy atom. The van der Waals surface area contributed by atoms with Gasteiger partial charge in [0.1, 0.15) is 19.4 Å². The second kappa shape index (κ2) is 6.23. The molecule has 2 heterocycles.